The Morgan fingerprint density at radius 3 is 2.71 bits per heavy atom. The van der Waals surface area contributed by atoms with Crippen LogP contribution >= 0.6 is 12.2 Å². The second-order valence-corrected chi connectivity index (χ2v) is 6.82. The number of para-hydroxylation sites is 1. The number of nitrogens with one attached hydrogen (secondary N) is 2. The van der Waals surface area contributed by atoms with Crippen molar-refractivity contribution in [2.24, 2.45) is 0 Å². The Bertz CT molecular complexity index is 884. The molecule has 3 rings (SSSR count). The number of aryl methyl sites for hydroxylation is 1. The molecule has 1 aliphatic rings. The molecule has 0 saturated heterocycles. The van der Waals surface area contributed by atoms with Gasteiger partial charge in [-0.05, 0) is 48.3 Å². The third-order valence-corrected chi connectivity index (χ3v) is 4.68. The van der Waals surface area contributed by atoms with Gasteiger partial charge in [0.15, 0.2) is 5.11 Å². The van der Waals surface area contributed by atoms with Gasteiger partial charge < -0.3 is 20.1 Å². The molecule has 2 aromatic carbocycles. The molecular weight excluding hydrogens is 376 g/mol. The van der Waals surface area contributed by atoms with E-state index in [2.05, 4.69) is 22.8 Å². The van der Waals surface area contributed by atoms with Crippen molar-refractivity contribution in [1.29, 1.82) is 0 Å². The van der Waals surface area contributed by atoms with Gasteiger partial charge in [0.05, 0.1) is 12.6 Å². The van der Waals surface area contributed by atoms with Gasteiger partial charge in [0.1, 0.15) is 17.9 Å². The largest absolute Gasteiger partial charge is 0.460 e. The highest BCUT2D eigenvalue weighted by Crippen LogP contribution is 2.30. The molecule has 0 saturated carbocycles. The van der Waals surface area contributed by atoms with Crippen molar-refractivity contribution < 1.29 is 19.1 Å². The Hall–Kier alpha value is -2.93. The van der Waals surface area contributed by atoms with E-state index < -0.39 is 11.9 Å². The molecule has 0 fully saturated rings. The highest BCUT2D eigenvalue weighted by atomic mass is 32.1. The lowest BCUT2D eigenvalue weighted by molar-refractivity contribution is -0.131. The fourth-order valence-corrected chi connectivity index (χ4v) is 3.43. The third-order valence-electron chi connectivity index (χ3n) is 4.42. The first-order valence-corrected chi connectivity index (χ1v) is 9.52. The Morgan fingerprint density at radius 2 is 1.89 bits per heavy atom. The molecule has 0 bridgehead atoms. The molecular formula is C21H22N2O4S. The Morgan fingerprint density at radius 1 is 1.14 bits per heavy atom. The Balaban J connectivity index is 1.43. The van der Waals surface area contributed by atoms with Gasteiger partial charge in [-0.25, -0.2) is 4.79 Å². The maximum atomic E-state index is 12.2. The number of fused-ring (bicyclic) bond motifs is 1. The van der Waals surface area contributed by atoms with E-state index in [1.165, 1.54) is 18.1 Å². The summed E-state index contributed by atoms with van der Waals surface area (Å²) in [4.78, 5) is 23.4. The summed E-state index contributed by atoms with van der Waals surface area (Å²) in [6.45, 7) is 1.79. The van der Waals surface area contributed by atoms with Crippen LogP contribution in [0.2, 0.25) is 0 Å². The second-order valence-electron chi connectivity index (χ2n) is 6.42. The van der Waals surface area contributed by atoms with E-state index in [0.717, 1.165) is 12.8 Å². The predicted molar refractivity (Wildman–Crippen MR) is 109 cm³/mol. The molecule has 0 radical (unpaired) electrons. The van der Waals surface area contributed by atoms with Crippen LogP contribution in [0.1, 0.15) is 40.9 Å². The van der Waals surface area contributed by atoms with E-state index in [1.807, 2.05) is 12.1 Å². The Labute approximate surface area is 169 Å². The first kappa shape index (κ1) is 19.8. The molecule has 6 nitrogen and oxygen atoms in total. The average Bonchev–Trinajstić information content (AvgIpc) is 3.08. The van der Waals surface area contributed by atoms with Crippen LogP contribution in [0.5, 0.6) is 5.75 Å². The molecule has 0 aliphatic heterocycles. The quantitative estimate of drug-likeness (QED) is 0.335. The number of benzene rings is 2. The minimum atomic E-state index is -0.553. The monoisotopic (exact) mass is 398 g/mol. The molecule has 0 spiro atoms. The summed E-state index contributed by atoms with van der Waals surface area (Å²) in [6, 6.07) is 15.0. The average molecular weight is 398 g/mol. The molecule has 2 aromatic rings. The number of thiocarbonyl (C=S) groups is 1. The van der Waals surface area contributed by atoms with Gasteiger partial charge in [0.25, 0.3) is 0 Å². The molecule has 7 heteroatoms. The van der Waals surface area contributed by atoms with Gasteiger partial charge in [-0.3, -0.25) is 4.79 Å². The van der Waals surface area contributed by atoms with E-state index in [9.17, 15) is 9.59 Å². The van der Waals surface area contributed by atoms with Gasteiger partial charge in [-0.2, -0.15) is 0 Å². The van der Waals surface area contributed by atoms with Gasteiger partial charge >= 0.3 is 11.9 Å². The number of esters is 2. The standard InChI is InChI=1S/C21H22N2O4S/c1-14(24)27-19-9-5-4-8-17(19)20(25)26-13-12-22-21(28)23-18-11-10-15-6-2-3-7-16(15)18/h2-9,18H,10-13H2,1H3,(H2,22,23,28)/t18-/m0/s1. The number of carbonyl (C=O) groups is 2. The lowest BCUT2D eigenvalue weighted by Gasteiger charge is -2.17. The molecule has 2 N–H and O–H groups in total. The summed E-state index contributed by atoms with van der Waals surface area (Å²) in [5, 5.41) is 6.89. The summed E-state index contributed by atoms with van der Waals surface area (Å²) >= 11 is 5.34. The zero-order valence-electron chi connectivity index (χ0n) is 15.6. The van der Waals surface area contributed by atoms with Crippen molar-refractivity contribution in [3.8, 4) is 5.75 Å². The van der Waals surface area contributed by atoms with Crippen LogP contribution in [0.15, 0.2) is 48.5 Å². The molecule has 28 heavy (non-hydrogen) atoms. The van der Waals surface area contributed by atoms with Gasteiger partial charge in [-0.1, -0.05) is 36.4 Å². The molecule has 0 amide bonds. The van der Waals surface area contributed by atoms with Gasteiger partial charge in [0.2, 0.25) is 0 Å². The topological polar surface area (TPSA) is 76.7 Å². The number of rotatable bonds is 6. The van der Waals surface area contributed by atoms with Crippen molar-refractivity contribution >= 4 is 29.3 Å². The summed E-state index contributed by atoms with van der Waals surface area (Å²) < 4.78 is 10.3. The fourth-order valence-electron chi connectivity index (χ4n) is 3.18. The maximum Gasteiger partial charge on any atom is 0.342 e. The number of hydrogen-bond donors (Lipinski definition) is 2. The van der Waals surface area contributed by atoms with Crippen LogP contribution in [0.4, 0.5) is 0 Å². The SMILES string of the molecule is CC(=O)Oc1ccccc1C(=O)OCCNC(=S)N[C@H]1CCc2ccccc21. The van der Waals surface area contributed by atoms with Crippen LogP contribution in [-0.4, -0.2) is 30.2 Å². The highest BCUT2D eigenvalue weighted by molar-refractivity contribution is 7.80. The van der Waals surface area contributed by atoms with Crippen LogP contribution in [0.3, 0.4) is 0 Å². The van der Waals surface area contributed by atoms with Gasteiger partial charge in [-0.15, -0.1) is 0 Å². The van der Waals surface area contributed by atoms with Crippen molar-refractivity contribution in [1.82, 2.24) is 10.6 Å². The first-order valence-electron chi connectivity index (χ1n) is 9.11. The Kier molecular flexibility index (Phi) is 6.60. The summed E-state index contributed by atoms with van der Waals surface area (Å²) in [5.41, 5.74) is 2.84. The first-order chi connectivity index (χ1) is 13.5. The highest BCUT2D eigenvalue weighted by Gasteiger charge is 2.22. The maximum absolute atomic E-state index is 12.2. The molecule has 146 valence electrons. The molecule has 0 aromatic heterocycles. The van der Waals surface area contributed by atoms with E-state index in [-0.39, 0.29) is 24.0 Å². The minimum Gasteiger partial charge on any atom is -0.460 e. The second kappa shape index (κ2) is 9.32. The smallest absolute Gasteiger partial charge is 0.342 e. The van der Waals surface area contributed by atoms with Crippen LogP contribution in [0.25, 0.3) is 0 Å². The van der Waals surface area contributed by atoms with Crippen molar-refractivity contribution in [2.75, 3.05) is 13.2 Å². The van der Waals surface area contributed by atoms with Crippen molar-refractivity contribution in [2.45, 2.75) is 25.8 Å². The zero-order valence-corrected chi connectivity index (χ0v) is 16.4. The normalized spacial score (nSPS) is 14.7. The predicted octanol–water partition coefficient (Wildman–Crippen LogP) is 2.92. The van der Waals surface area contributed by atoms with Crippen molar-refractivity contribution in [3.05, 3.63) is 65.2 Å². The van der Waals surface area contributed by atoms with E-state index in [1.54, 1.807) is 24.3 Å². The van der Waals surface area contributed by atoms with E-state index in [4.69, 9.17) is 21.7 Å². The van der Waals surface area contributed by atoms with Crippen molar-refractivity contribution in [3.63, 3.8) is 0 Å². The molecule has 1 atom stereocenters. The third kappa shape index (κ3) is 5.07. The number of carbonyl (C=O) groups excluding carboxylic acids is 2. The molecule has 0 unspecified atom stereocenters. The lowest BCUT2D eigenvalue weighted by atomic mass is 10.1. The lowest BCUT2D eigenvalue weighted by Crippen LogP contribution is -2.38. The fraction of sp³-hybridized carbons (Fsp3) is 0.286. The van der Waals surface area contributed by atoms with Crippen LogP contribution in [-0.2, 0) is 16.0 Å². The van der Waals surface area contributed by atoms with Crippen LogP contribution < -0.4 is 15.4 Å². The zero-order chi connectivity index (χ0) is 19.9. The summed E-state index contributed by atoms with van der Waals surface area (Å²) in [6.07, 6.45) is 2.04. The van der Waals surface area contributed by atoms with Gasteiger partial charge in [0, 0.05) is 6.92 Å². The van der Waals surface area contributed by atoms with E-state index in [0.29, 0.717) is 11.7 Å². The summed E-state index contributed by atoms with van der Waals surface area (Å²) in [7, 11) is 0. The van der Waals surface area contributed by atoms with E-state index >= 15 is 0 Å². The number of ether oxygens (including phenoxy) is 2. The summed E-state index contributed by atoms with van der Waals surface area (Å²) in [5.74, 6) is -0.862. The molecule has 1 aliphatic carbocycles. The molecule has 0 heterocycles. The van der Waals surface area contributed by atoms with Crippen LogP contribution in [0, 0.1) is 0 Å². The number of hydrogen-bond acceptors (Lipinski definition) is 5. The minimum absolute atomic E-state index is 0.135.